The van der Waals surface area contributed by atoms with Gasteiger partial charge in [0.1, 0.15) is 35.0 Å². The summed E-state index contributed by atoms with van der Waals surface area (Å²) in [5.41, 5.74) is 0.915. The predicted octanol–water partition coefficient (Wildman–Crippen LogP) is 5.10. The van der Waals surface area contributed by atoms with E-state index in [-0.39, 0.29) is 46.3 Å². The summed E-state index contributed by atoms with van der Waals surface area (Å²) in [7, 11) is 1.28. The zero-order valence-electron chi connectivity index (χ0n) is 26.8. The van der Waals surface area contributed by atoms with Crippen LogP contribution in [0.2, 0.25) is 5.02 Å². The van der Waals surface area contributed by atoms with E-state index in [1.165, 1.54) is 48.9 Å². The number of carbonyl (C=O) groups excluding carboxylic acids is 2. The van der Waals surface area contributed by atoms with Crippen molar-refractivity contribution in [2.24, 2.45) is 4.99 Å². The number of ether oxygens (including phenoxy) is 2. The Morgan fingerprint density at radius 2 is 1.90 bits per heavy atom. The number of urea groups is 1. The van der Waals surface area contributed by atoms with E-state index >= 15 is 0 Å². The highest BCUT2D eigenvalue weighted by atomic mass is 35.5. The van der Waals surface area contributed by atoms with Crippen LogP contribution < -0.4 is 15.0 Å². The number of nitrogens with one attached hydrogen (secondary N) is 1. The number of esters is 1. The second-order valence-corrected chi connectivity index (χ2v) is 13.1. The number of aromatic carboxylic acids is 1. The number of aliphatic imine (C=N–C) groups is 1. The summed E-state index contributed by atoms with van der Waals surface area (Å²) >= 11 is 7.84. The number of amidine groups is 1. The molecular weight excluding hydrogens is 708 g/mol. The van der Waals surface area contributed by atoms with Crippen molar-refractivity contribution in [3.05, 3.63) is 110 Å². The Labute approximate surface area is 298 Å². The van der Waals surface area contributed by atoms with E-state index in [1.807, 2.05) is 0 Å². The molecule has 0 spiro atoms. The molecule has 2 amide bonds. The zero-order chi connectivity index (χ0) is 35.8. The number of halogens is 3. The van der Waals surface area contributed by atoms with Crippen molar-refractivity contribution in [1.29, 1.82) is 0 Å². The van der Waals surface area contributed by atoms with Crippen LogP contribution in [0.1, 0.15) is 27.0 Å². The molecule has 5 heterocycles. The number of thiazole rings is 1. The molecule has 13 nitrogen and oxygen atoms in total. The summed E-state index contributed by atoms with van der Waals surface area (Å²) in [6, 6.07) is 8.92. The van der Waals surface area contributed by atoms with E-state index in [2.05, 4.69) is 20.2 Å². The molecule has 3 aliphatic rings. The lowest BCUT2D eigenvalue weighted by atomic mass is 9.95. The molecule has 2 N–H and O–H groups in total. The van der Waals surface area contributed by atoms with Crippen LogP contribution in [-0.2, 0) is 9.53 Å². The van der Waals surface area contributed by atoms with Crippen LogP contribution in [0, 0.1) is 11.6 Å². The first-order chi connectivity index (χ1) is 24.6. The summed E-state index contributed by atoms with van der Waals surface area (Å²) in [4.78, 5) is 57.1. The van der Waals surface area contributed by atoms with Gasteiger partial charge in [-0.2, -0.15) is 0 Å². The Morgan fingerprint density at radius 3 is 2.61 bits per heavy atom. The van der Waals surface area contributed by atoms with E-state index in [0.29, 0.717) is 54.1 Å². The van der Waals surface area contributed by atoms with Gasteiger partial charge < -0.3 is 24.8 Å². The average molecular weight is 736 g/mol. The second kappa shape index (κ2) is 14.0. The van der Waals surface area contributed by atoms with Gasteiger partial charge in [-0.25, -0.2) is 33.1 Å². The fourth-order valence-electron chi connectivity index (χ4n) is 6.27. The smallest absolute Gasteiger partial charge is 0.338 e. The highest BCUT2D eigenvalue weighted by Crippen LogP contribution is 2.37. The van der Waals surface area contributed by atoms with Crippen molar-refractivity contribution in [3.63, 3.8) is 0 Å². The largest absolute Gasteiger partial charge is 0.478 e. The van der Waals surface area contributed by atoms with E-state index in [1.54, 1.807) is 33.5 Å². The minimum Gasteiger partial charge on any atom is -0.478 e. The molecule has 262 valence electrons. The molecule has 0 bridgehead atoms. The summed E-state index contributed by atoms with van der Waals surface area (Å²) in [6.07, 6.45) is 3.01. The van der Waals surface area contributed by atoms with Gasteiger partial charge in [0.05, 0.1) is 37.0 Å². The third-order valence-electron chi connectivity index (χ3n) is 8.59. The van der Waals surface area contributed by atoms with Gasteiger partial charge in [-0.3, -0.25) is 14.8 Å². The normalized spacial score (nSPS) is 19.1. The first kappa shape index (κ1) is 34.0. The predicted molar refractivity (Wildman–Crippen MR) is 182 cm³/mol. The van der Waals surface area contributed by atoms with Gasteiger partial charge in [-0.05, 0) is 36.4 Å². The molecule has 2 fully saturated rings. The number of rotatable bonds is 9. The van der Waals surface area contributed by atoms with Crippen LogP contribution >= 0.6 is 22.9 Å². The number of fused-ring (bicyclic) bond motifs is 1. The number of amides is 2. The molecule has 2 aromatic heterocycles. The summed E-state index contributed by atoms with van der Waals surface area (Å²) in [5, 5.41) is 15.0. The molecule has 17 heteroatoms. The monoisotopic (exact) mass is 735 g/mol. The molecule has 2 aromatic carbocycles. The molecule has 0 unspecified atom stereocenters. The van der Waals surface area contributed by atoms with Gasteiger partial charge in [0.25, 0.3) is 0 Å². The van der Waals surface area contributed by atoms with Gasteiger partial charge in [0.15, 0.2) is 10.8 Å². The lowest BCUT2D eigenvalue weighted by Gasteiger charge is -2.38. The number of aromatic nitrogens is 2. The molecule has 51 heavy (non-hydrogen) atoms. The van der Waals surface area contributed by atoms with Gasteiger partial charge in [-0.1, -0.05) is 17.7 Å². The number of benzene rings is 2. The van der Waals surface area contributed by atoms with Crippen molar-refractivity contribution in [3.8, 4) is 11.5 Å². The number of hydrogen-bond acceptors (Lipinski definition) is 11. The Bertz CT molecular complexity index is 2080. The third kappa shape index (κ3) is 6.97. The number of carbonyl (C=O) groups is 3. The van der Waals surface area contributed by atoms with Crippen molar-refractivity contribution >= 4 is 52.6 Å². The fourth-order valence-corrected chi connectivity index (χ4v) is 7.13. The summed E-state index contributed by atoms with van der Waals surface area (Å²) in [5.74, 6) is -2.17. The number of nitrogens with zero attached hydrogens (tertiary/aromatic N) is 6. The lowest BCUT2D eigenvalue weighted by molar-refractivity contribution is -0.136. The van der Waals surface area contributed by atoms with Crippen LogP contribution in [0.5, 0.6) is 11.5 Å². The minimum absolute atomic E-state index is 0.00789. The minimum atomic E-state index is -1.29. The molecule has 0 radical (unpaired) electrons. The first-order valence-corrected chi connectivity index (χ1v) is 16.8. The van der Waals surface area contributed by atoms with Crippen molar-refractivity contribution in [1.82, 2.24) is 25.1 Å². The van der Waals surface area contributed by atoms with Gasteiger partial charge in [-0.15, -0.1) is 11.3 Å². The van der Waals surface area contributed by atoms with E-state index in [9.17, 15) is 28.3 Å². The molecular formula is C34H28ClF2N7O6S. The molecule has 4 aromatic rings. The SMILES string of the molecule is COC(=O)C1=C(CN2CCN3C(=O)N(c4ccc(Oc5cc(F)cc(C(=O)O)c5)cn4)C[C@@H]3C2)NC(c2nccs2)=N[C@H]1c1ccc(F)cc1Cl. The third-order valence-corrected chi connectivity index (χ3v) is 9.70. The Hall–Kier alpha value is -5.45. The maximum Gasteiger partial charge on any atom is 0.338 e. The highest BCUT2D eigenvalue weighted by Gasteiger charge is 2.43. The van der Waals surface area contributed by atoms with Gasteiger partial charge in [0, 0.05) is 60.1 Å². The van der Waals surface area contributed by atoms with Crippen molar-refractivity contribution < 1.29 is 37.7 Å². The van der Waals surface area contributed by atoms with Gasteiger partial charge >= 0.3 is 18.0 Å². The van der Waals surface area contributed by atoms with Crippen molar-refractivity contribution in [2.75, 3.05) is 44.7 Å². The first-order valence-electron chi connectivity index (χ1n) is 15.6. The van der Waals surface area contributed by atoms with Gasteiger partial charge in [0.2, 0.25) is 0 Å². The Morgan fingerprint density at radius 1 is 1.06 bits per heavy atom. The quantitative estimate of drug-likeness (QED) is 0.222. The summed E-state index contributed by atoms with van der Waals surface area (Å²) < 4.78 is 38.7. The molecule has 2 saturated heterocycles. The number of pyridine rings is 1. The van der Waals surface area contributed by atoms with Crippen LogP contribution in [0.15, 0.2) is 82.6 Å². The maximum absolute atomic E-state index is 14.0. The number of anilines is 1. The second-order valence-electron chi connectivity index (χ2n) is 11.8. The maximum atomic E-state index is 14.0. The molecule has 0 aliphatic carbocycles. The molecule has 2 atom stereocenters. The standard InChI is InChI=1S/C34H28ClF2N7O6S/c1-49-33(47)28-26(40-30(31-38-6-9-51-31)41-29(28)24-4-2-19(36)13-25(24)35)17-42-7-8-43-21(15-42)16-44(34(43)48)27-5-3-22(14-39-27)50-23-11-18(32(45)46)10-20(37)12-23/h2-6,9-14,21,29H,7-8,15-17H2,1H3,(H,40,41)(H,45,46)/t21-,29-/m0/s1. The van der Waals surface area contributed by atoms with Crippen LogP contribution in [-0.4, -0.2) is 94.6 Å². The topological polar surface area (TPSA) is 150 Å². The number of carboxylic acid groups (broad SMARTS) is 1. The zero-order valence-corrected chi connectivity index (χ0v) is 28.3. The lowest BCUT2D eigenvalue weighted by Crippen LogP contribution is -2.53. The van der Waals surface area contributed by atoms with Crippen LogP contribution in [0.4, 0.5) is 19.4 Å². The fraction of sp³-hybridized carbons (Fsp3) is 0.235. The van der Waals surface area contributed by atoms with Crippen LogP contribution in [0.3, 0.4) is 0 Å². The highest BCUT2D eigenvalue weighted by molar-refractivity contribution is 7.11. The average Bonchev–Trinajstić information content (AvgIpc) is 3.76. The molecule has 0 saturated carbocycles. The Balaban J connectivity index is 1.09. The molecule has 7 rings (SSSR count). The number of carboxylic acids is 1. The summed E-state index contributed by atoms with van der Waals surface area (Å²) in [6.45, 7) is 1.99. The number of piperazine rings is 1. The van der Waals surface area contributed by atoms with E-state index in [4.69, 9.17) is 26.1 Å². The van der Waals surface area contributed by atoms with Crippen LogP contribution in [0.25, 0.3) is 0 Å². The molecule has 3 aliphatic heterocycles. The number of methoxy groups -OCH3 is 1. The van der Waals surface area contributed by atoms with E-state index in [0.717, 1.165) is 12.1 Å². The Kier molecular flexibility index (Phi) is 9.37. The van der Waals surface area contributed by atoms with Crippen molar-refractivity contribution in [2.45, 2.75) is 12.1 Å². The number of hydrogen-bond donors (Lipinski definition) is 2. The van der Waals surface area contributed by atoms with E-state index < -0.39 is 29.6 Å².